The van der Waals surface area contributed by atoms with Crippen molar-refractivity contribution in [2.45, 2.75) is 50.5 Å². The highest BCUT2D eigenvalue weighted by Gasteiger charge is 2.47. The van der Waals surface area contributed by atoms with E-state index >= 15 is 0 Å². The molecule has 3 aliphatic rings. The van der Waals surface area contributed by atoms with Gasteiger partial charge in [-0.3, -0.25) is 4.79 Å². The van der Waals surface area contributed by atoms with Gasteiger partial charge in [0.1, 0.15) is 11.4 Å². The van der Waals surface area contributed by atoms with E-state index in [-0.39, 0.29) is 11.4 Å². The van der Waals surface area contributed by atoms with Crippen LogP contribution in [-0.4, -0.2) is 11.4 Å². The van der Waals surface area contributed by atoms with Crippen molar-refractivity contribution in [1.29, 1.82) is 0 Å². The fourth-order valence-corrected chi connectivity index (χ4v) is 4.23. The summed E-state index contributed by atoms with van der Waals surface area (Å²) in [5, 5.41) is 0.608. The standard InChI is InChI=1S/C17H19ClO2/c18-13-5-6-16-14(8-13)15(19)10-17(20-16)7-1-2-12(9-17)11-3-4-11/h5-6,8,11-12H,1-4,7,9-10H2. The highest BCUT2D eigenvalue weighted by Crippen LogP contribution is 2.50. The second kappa shape index (κ2) is 4.49. The van der Waals surface area contributed by atoms with Gasteiger partial charge < -0.3 is 4.74 Å². The first kappa shape index (κ1) is 12.7. The molecule has 2 fully saturated rings. The number of Topliss-reactive ketones (excluding diaryl/α,β-unsaturated/α-hetero) is 1. The molecule has 0 aromatic heterocycles. The molecule has 2 atom stereocenters. The van der Waals surface area contributed by atoms with E-state index in [1.807, 2.05) is 12.1 Å². The highest BCUT2D eigenvalue weighted by atomic mass is 35.5. The lowest BCUT2D eigenvalue weighted by Crippen LogP contribution is -2.46. The summed E-state index contributed by atoms with van der Waals surface area (Å²) in [6.07, 6.45) is 7.87. The maximum Gasteiger partial charge on any atom is 0.170 e. The summed E-state index contributed by atoms with van der Waals surface area (Å²) in [4.78, 5) is 12.5. The van der Waals surface area contributed by atoms with E-state index in [1.165, 1.54) is 25.7 Å². The molecule has 1 aliphatic heterocycles. The van der Waals surface area contributed by atoms with Crippen molar-refractivity contribution in [3.05, 3.63) is 28.8 Å². The van der Waals surface area contributed by atoms with E-state index in [4.69, 9.17) is 16.3 Å². The van der Waals surface area contributed by atoms with Crippen LogP contribution < -0.4 is 4.74 Å². The lowest BCUT2D eigenvalue weighted by Gasteiger charge is -2.43. The lowest BCUT2D eigenvalue weighted by atomic mass is 9.72. The zero-order valence-electron chi connectivity index (χ0n) is 11.5. The van der Waals surface area contributed by atoms with Crippen molar-refractivity contribution in [2.75, 3.05) is 0 Å². The van der Waals surface area contributed by atoms with Crippen LogP contribution in [-0.2, 0) is 0 Å². The summed E-state index contributed by atoms with van der Waals surface area (Å²) < 4.78 is 6.31. The average Bonchev–Trinajstić information content (AvgIpc) is 3.24. The van der Waals surface area contributed by atoms with Crippen LogP contribution >= 0.6 is 11.6 Å². The molecule has 1 heterocycles. The first-order valence-electron chi connectivity index (χ1n) is 7.67. The van der Waals surface area contributed by atoms with Crippen LogP contribution in [0.3, 0.4) is 0 Å². The maximum absolute atomic E-state index is 12.5. The number of carbonyl (C=O) groups is 1. The van der Waals surface area contributed by atoms with Crippen molar-refractivity contribution in [3.8, 4) is 5.75 Å². The number of halogens is 1. The number of ketones is 1. The molecule has 2 aliphatic carbocycles. The molecule has 0 radical (unpaired) electrons. The van der Waals surface area contributed by atoms with Gasteiger partial charge in [0, 0.05) is 5.02 Å². The Morgan fingerprint density at radius 1 is 1.20 bits per heavy atom. The third-order valence-corrected chi connectivity index (χ3v) is 5.42. The van der Waals surface area contributed by atoms with Crippen molar-refractivity contribution in [3.63, 3.8) is 0 Å². The number of ether oxygens (including phenoxy) is 1. The minimum atomic E-state index is -0.233. The zero-order chi connectivity index (χ0) is 13.7. The molecule has 2 unspecified atom stereocenters. The molecular formula is C17H19ClO2. The number of hydrogen-bond donors (Lipinski definition) is 0. The zero-order valence-corrected chi connectivity index (χ0v) is 12.3. The molecule has 0 bridgehead atoms. The molecule has 1 aromatic rings. The summed E-state index contributed by atoms with van der Waals surface area (Å²) in [6.45, 7) is 0. The van der Waals surface area contributed by atoms with Crippen LogP contribution in [0, 0.1) is 11.8 Å². The van der Waals surface area contributed by atoms with Crippen LogP contribution in [0.15, 0.2) is 18.2 Å². The van der Waals surface area contributed by atoms with Crippen LogP contribution in [0.5, 0.6) is 5.75 Å². The highest BCUT2D eigenvalue weighted by molar-refractivity contribution is 6.31. The monoisotopic (exact) mass is 290 g/mol. The van der Waals surface area contributed by atoms with Crippen molar-refractivity contribution in [1.82, 2.24) is 0 Å². The predicted octanol–water partition coefficient (Wildman–Crippen LogP) is 4.64. The topological polar surface area (TPSA) is 26.3 Å². The van der Waals surface area contributed by atoms with Crippen LogP contribution in [0.2, 0.25) is 5.02 Å². The number of carbonyl (C=O) groups excluding carboxylic acids is 1. The van der Waals surface area contributed by atoms with Crippen LogP contribution in [0.1, 0.15) is 55.3 Å². The quantitative estimate of drug-likeness (QED) is 0.753. The second-order valence-electron chi connectivity index (χ2n) is 6.72. The first-order valence-corrected chi connectivity index (χ1v) is 8.05. The summed E-state index contributed by atoms with van der Waals surface area (Å²) >= 11 is 5.98. The summed E-state index contributed by atoms with van der Waals surface area (Å²) in [5.74, 6) is 2.61. The smallest absolute Gasteiger partial charge is 0.170 e. The van der Waals surface area contributed by atoms with Gasteiger partial charge in [0.25, 0.3) is 0 Å². The number of hydrogen-bond acceptors (Lipinski definition) is 2. The summed E-state index contributed by atoms with van der Waals surface area (Å²) in [7, 11) is 0. The fraction of sp³-hybridized carbons (Fsp3) is 0.588. The molecule has 1 spiro atoms. The molecule has 0 N–H and O–H groups in total. The van der Waals surface area contributed by atoms with E-state index in [9.17, 15) is 4.79 Å². The van der Waals surface area contributed by atoms with E-state index < -0.39 is 0 Å². The van der Waals surface area contributed by atoms with Gasteiger partial charge >= 0.3 is 0 Å². The Balaban J connectivity index is 1.64. The van der Waals surface area contributed by atoms with E-state index in [2.05, 4.69) is 0 Å². The Kier molecular flexibility index (Phi) is 2.85. The largest absolute Gasteiger partial charge is 0.486 e. The molecule has 2 saturated carbocycles. The fourth-order valence-electron chi connectivity index (χ4n) is 4.06. The molecule has 106 valence electrons. The minimum Gasteiger partial charge on any atom is -0.486 e. The number of benzene rings is 1. The Hall–Kier alpha value is -1.02. The minimum absolute atomic E-state index is 0.199. The molecule has 2 nitrogen and oxygen atoms in total. The van der Waals surface area contributed by atoms with Gasteiger partial charge in [0.2, 0.25) is 0 Å². The molecular weight excluding hydrogens is 272 g/mol. The SMILES string of the molecule is O=C1CC2(CCCC(C3CC3)C2)Oc2ccc(Cl)cc21. The van der Waals surface area contributed by atoms with E-state index in [1.54, 1.807) is 6.07 Å². The third-order valence-electron chi connectivity index (χ3n) is 5.18. The van der Waals surface area contributed by atoms with E-state index in [0.717, 1.165) is 30.4 Å². The van der Waals surface area contributed by atoms with Gasteiger partial charge in [-0.25, -0.2) is 0 Å². The maximum atomic E-state index is 12.5. The Morgan fingerprint density at radius 2 is 2.05 bits per heavy atom. The molecule has 0 amide bonds. The van der Waals surface area contributed by atoms with Gasteiger partial charge in [0.05, 0.1) is 12.0 Å². The molecule has 1 aromatic carbocycles. The van der Waals surface area contributed by atoms with Gasteiger partial charge in [-0.05, 0) is 68.6 Å². The molecule has 0 saturated heterocycles. The lowest BCUT2D eigenvalue weighted by molar-refractivity contribution is -0.00739. The van der Waals surface area contributed by atoms with Gasteiger partial charge in [0.15, 0.2) is 5.78 Å². The molecule has 20 heavy (non-hydrogen) atoms. The Bertz CT molecular complexity index is 564. The molecule has 3 heteroatoms. The van der Waals surface area contributed by atoms with Crippen molar-refractivity contribution in [2.24, 2.45) is 11.8 Å². The Labute approximate surface area is 124 Å². The third kappa shape index (κ3) is 2.14. The first-order chi connectivity index (χ1) is 9.65. The molecule has 4 rings (SSSR count). The van der Waals surface area contributed by atoms with Gasteiger partial charge in [-0.1, -0.05) is 11.6 Å². The second-order valence-corrected chi connectivity index (χ2v) is 7.16. The number of rotatable bonds is 1. The van der Waals surface area contributed by atoms with Gasteiger partial charge in [-0.2, -0.15) is 0 Å². The van der Waals surface area contributed by atoms with Crippen LogP contribution in [0.25, 0.3) is 0 Å². The average molecular weight is 291 g/mol. The van der Waals surface area contributed by atoms with Crippen molar-refractivity contribution < 1.29 is 9.53 Å². The Morgan fingerprint density at radius 3 is 2.85 bits per heavy atom. The van der Waals surface area contributed by atoms with Crippen molar-refractivity contribution >= 4 is 17.4 Å². The predicted molar refractivity (Wildman–Crippen MR) is 78.4 cm³/mol. The van der Waals surface area contributed by atoms with Gasteiger partial charge in [-0.15, -0.1) is 0 Å². The van der Waals surface area contributed by atoms with E-state index in [0.29, 0.717) is 17.0 Å². The van der Waals surface area contributed by atoms with Crippen LogP contribution in [0.4, 0.5) is 0 Å². The summed E-state index contributed by atoms with van der Waals surface area (Å²) in [5.41, 5.74) is 0.431. The number of fused-ring (bicyclic) bond motifs is 1. The summed E-state index contributed by atoms with van der Waals surface area (Å²) in [6, 6.07) is 5.42. The normalized spacial score (nSPS) is 32.9.